The summed E-state index contributed by atoms with van der Waals surface area (Å²) in [6.07, 6.45) is 3.62. The van der Waals surface area contributed by atoms with E-state index in [-0.39, 0.29) is 41.4 Å². The van der Waals surface area contributed by atoms with Gasteiger partial charge in [-0.1, -0.05) is 23.8 Å². The van der Waals surface area contributed by atoms with Crippen LogP contribution in [-0.2, 0) is 19.2 Å². The predicted molar refractivity (Wildman–Crippen MR) is 146 cm³/mol. The number of aryl methyl sites for hydroxylation is 2. The number of imide groups is 1. The smallest absolute Gasteiger partial charge is 0.339 e. The van der Waals surface area contributed by atoms with Crippen LogP contribution in [0.3, 0.4) is 0 Å². The summed E-state index contributed by atoms with van der Waals surface area (Å²) in [5.41, 5.74) is 3.47. The normalized spacial score (nSPS) is 25.5. The topological polar surface area (TPSA) is 149 Å². The number of phenolic OH excluding ortho intramolecular Hbond substituents is 1. The summed E-state index contributed by atoms with van der Waals surface area (Å²) >= 11 is 0. The number of allylic oxidation sites excluding steroid dienone is 6. The van der Waals surface area contributed by atoms with Gasteiger partial charge in [-0.2, -0.15) is 0 Å². The van der Waals surface area contributed by atoms with Gasteiger partial charge in [-0.3, -0.25) is 19.2 Å². The molecule has 2 aromatic rings. The minimum atomic E-state index is -1.34. The number of rotatable bonds is 3. The number of aromatic hydroxyl groups is 2. The molecule has 3 N–H and O–H groups in total. The van der Waals surface area contributed by atoms with Crippen LogP contribution in [0.4, 0.5) is 5.69 Å². The molecule has 1 fully saturated rings. The fourth-order valence-corrected chi connectivity index (χ4v) is 7.01. The minimum Gasteiger partial charge on any atom is -0.507 e. The van der Waals surface area contributed by atoms with Crippen LogP contribution in [0.5, 0.6) is 11.5 Å². The number of carbonyl (C=O) groups excluding carboxylic acids is 4. The molecule has 2 amide bonds. The van der Waals surface area contributed by atoms with Gasteiger partial charge in [0.25, 0.3) is 0 Å². The molecular weight excluding hydrogens is 526 g/mol. The van der Waals surface area contributed by atoms with Gasteiger partial charge < -0.3 is 15.3 Å². The fourth-order valence-electron chi connectivity index (χ4n) is 7.01. The number of carboxylic acids is 1. The van der Waals surface area contributed by atoms with E-state index >= 15 is 0 Å². The SMILES string of the molecule is CC1=CC(=O)C2=C(C[C@@H]3C(=CC[C@@H]4C(=O)N(c5ccc(C(=O)O)c(O)c5)C(=O)[C@@H]43)[C@@H]2c2cc(C)c(O)c(C)c2)C1=O. The van der Waals surface area contributed by atoms with Crippen molar-refractivity contribution in [1.82, 2.24) is 0 Å². The number of hydrogen-bond acceptors (Lipinski definition) is 7. The van der Waals surface area contributed by atoms with E-state index in [0.717, 1.165) is 28.2 Å². The molecule has 0 spiro atoms. The summed E-state index contributed by atoms with van der Waals surface area (Å²) in [5.74, 6) is -5.96. The summed E-state index contributed by atoms with van der Waals surface area (Å²) in [6, 6.07) is 7.13. The second-order valence-electron chi connectivity index (χ2n) is 11.3. The molecule has 2 aromatic carbocycles. The molecule has 1 aliphatic heterocycles. The third-order valence-corrected chi connectivity index (χ3v) is 8.88. The second-order valence-corrected chi connectivity index (χ2v) is 11.3. The Balaban J connectivity index is 1.48. The number of fused-ring (bicyclic) bond motifs is 3. The van der Waals surface area contributed by atoms with E-state index in [1.54, 1.807) is 32.9 Å². The highest BCUT2D eigenvalue weighted by molar-refractivity contribution is 6.25. The lowest BCUT2D eigenvalue weighted by Crippen LogP contribution is -2.39. The number of hydrogen-bond donors (Lipinski definition) is 3. The van der Waals surface area contributed by atoms with E-state index in [4.69, 9.17) is 0 Å². The Labute approximate surface area is 235 Å². The molecule has 1 heterocycles. The molecule has 4 atom stereocenters. The number of nitrogens with zero attached hydrogens (tertiary/aromatic N) is 1. The number of carbonyl (C=O) groups is 5. The highest BCUT2D eigenvalue weighted by Gasteiger charge is 2.56. The van der Waals surface area contributed by atoms with Crippen molar-refractivity contribution in [3.63, 3.8) is 0 Å². The van der Waals surface area contributed by atoms with Crippen molar-refractivity contribution in [3.05, 3.63) is 87.0 Å². The zero-order chi connectivity index (χ0) is 29.5. The number of ketones is 2. The number of aromatic carboxylic acids is 1. The Morgan fingerprint density at radius 1 is 0.927 bits per heavy atom. The van der Waals surface area contributed by atoms with Crippen LogP contribution in [0.25, 0.3) is 0 Å². The number of phenols is 2. The third kappa shape index (κ3) is 3.79. The van der Waals surface area contributed by atoms with Gasteiger partial charge in [0.05, 0.1) is 17.5 Å². The van der Waals surface area contributed by atoms with Crippen LogP contribution in [0, 0.1) is 31.6 Å². The van der Waals surface area contributed by atoms with E-state index in [0.29, 0.717) is 27.8 Å². The summed E-state index contributed by atoms with van der Waals surface area (Å²) < 4.78 is 0. The number of carboxylic acid groups (broad SMARTS) is 1. The van der Waals surface area contributed by atoms with E-state index in [2.05, 4.69) is 0 Å². The van der Waals surface area contributed by atoms with Crippen molar-refractivity contribution < 1.29 is 39.3 Å². The zero-order valence-electron chi connectivity index (χ0n) is 22.6. The lowest BCUT2D eigenvalue weighted by Gasteiger charge is -2.42. The number of amides is 2. The molecule has 208 valence electrons. The maximum absolute atomic E-state index is 14.0. The maximum Gasteiger partial charge on any atom is 0.339 e. The first kappa shape index (κ1) is 26.4. The molecule has 6 rings (SSSR count). The Kier molecular flexibility index (Phi) is 5.88. The Bertz CT molecular complexity index is 1700. The van der Waals surface area contributed by atoms with E-state index < -0.39 is 47.2 Å². The molecule has 0 radical (unpaired) electrons. The van der Waals surface area contributed by atoms with Crippen molar-refractivity contribution in [2.24, 2.45) is 17.8 Å². The minimum absolute atomic E-state index is 0.0678. The van der Waals surface area contributed by atoms with Gasteiger partial charge in [0.1, 0.15) is 17.1 Å². The van der Waals surface area contributed by atoms with Crippen molar-refractivity contribution >= 4 is 35.0 Å². The van der Waals surface area contributed by atoms with Crippen LogP contribution in [0.1, 0.15) is 52.7 Å². The first-order valence-electron chi connectivity index (χ1n) is 13.3. The zero-order valence-corrected chi connectivity index (χ0v) is 22.6. The van der Waals surface area contributed by atoms with Crippen molar-refractivity contribution in [2.75, 3.05) is 4.90 Å². The fraction of sp³-hybridized carbons (Fsp3) is 0.281. The molecule has 4 aliphatic rings. The third-order valence-electron chi connectivity index (χ3n) is 8.88. The van der Waals surface area contributed by atoms with Gasteiger partial charge >= 0.3 is 5.97 Å². The van der Waals surface area contributed by atoms with Crippen LogP contribution in [-0.4, -0.2) is 44.7 Å². The molecule has 0 bridgehead atoms. The number of benzene rings is 2. The monoisotopic (exact) mass is 553 g/mol. The van der Waals surface area contributed by atoms with E-state index in [1.165, 1.54) is 12.1 Å². The lowest BCUT2D eigenvalue weighted by molar-refractivity contribution is -0.123. The average molecular weight is 554 g/mol. The van der Waals surface area contributed by atoms with Gasteiger partial charge in [-0.25, -0.2) is 9.69 Å². The summed E-state index contributed by atoms with van der Waals surface area (Å²) in [6.45, 7) is 5.10. The molecule has 41 heavy (non-hydrogen) atoms. The first-order valence-corrected chi connectivity index (χ1v) is 13.3. The molecule has 0 unspecified atom stereocenters. The summed E-state index contributed by atoms with van der Waals surface area (Å²) in [7, 11) is 0. The average Bonchev–Trinajstić information content (AvgIpc) is 3.18. The van der Waals surface area contributed by atoms with Gasteiger partial charge in [0, 0.05) is 28.7 Å². The van der Waals surface area contributed by atoms with Gasteiger partial charge in [-0.15, -0.1) is 0 Å². The van der Waals surface area contributed by atoms with Crippen molar-refractivity contribution in [2.45, 2.75) is 39.5 Å². The Morgan fingerprint density at radius 2 is 1.61 bits per heavy atom. The van der Waals surface area contributed by atoms with Crippen LogP contribution < -0.4 is 4.90 Å². The molecular formula is C32H27NO8. The predicted octanol–water partition coefficient (Wildman–Crippen LogP) is 4.05. The molecule has 3 aliphatic carbocycles. The van der Waals surface area contributed by atoms with Crippen LogP contribution in [0.2, 0.25) is 0 Å². The molecule has 0 saturated carbocycles. The highest BCUT2D eigenvalue weighted by Crippen LogP contribution is 2.55. The first-order chi connectivity index (χ1) is 19.4. The van der Waals surface area contributed by atoms with Gasteiger partial charge in [0.15, 0.2) is 11.6 Å². The maximum atomic E-state index is 14.0. The van der Waals surface area contributed by atoms with Crippen molar-refractivity contribution in [1.29, 1.82) is 0 Å². The number of anilines is 1. The van der Waals surface area contributed by atoms with E-state index in [9.17, 15) is 39.3 Å². The van der Waals surface area contributed by atoms with Crippen LogP contribution in [0.15, 0.2) is 64.8 Å². The van der Waals surface area contributed by atoms with Gasteiger partial charge in [0.2, 0.25) is 11.8 Å². The summed E-state index contributed by atoms with van der Waals surface area (Å²) in [5, 5.41) is 29.9. The highest BCUT2D eigenvalue weighted by atomic mass is 16.4. The Hall–Kier alpha value is -4.79. The Morgan fingerprint density at radius 3 is 2.24 bits per heavy atom. The lowest BCUT2D eigenvalue weighted by atomic mass is 9.59. The van der Waals surface area contributed by atoms with Crippen LogP contribution >= 0.6 is 0 Å². The number of Topliss-reactive ketones (excluding diaryl/α,β-unsaturated/α-hetero) is 1. The summed E-state index contributed by atoms with van der Waals surface area (Å²) in [4.78, 5) is 66.7. The molecule has 9 nitrogen and oxygen atoms in total. The van der Waals surface area contributed by atoms with E-state index in [1.807, 2.05) is 6.08 Å². The standard InChI is InChI=1S/C32H27NO8/c1-13-8-16(9-14(2)28(13)36)25-18-6-7-20-26(21(18)12-22-27(25)24(35)10-15(3)29(22)37)31(39)33(30(20)38)17-4-5-19(32(40)41)23(34)11-17/h4-6,8-11,20-21,25-26,34,36H,7,12H2,1-3H3,(H,40,41)/t20-,21+,25-,26-/m0/s1. The molecule has 0 aromatic heterocycles. The molecule has 9 heteroatoms. The largest absolute Gasteiger partial charge is 0.507 e. The molecule has 1 saturated heterocycles. The van der Waals surface area contributed by atoms with Gasteiger partial charge in [-0.05, 0) is 74.4 Å². The second kappa shape index (κ2) is 9.12. The quantitative estimate of drug-likeness (QED) is 0.293. The van der Waals surface area contributed by atoms with Crippen molar-refractivity contribution in [3.8, 4) is 11.5 Å².